The molecular weight excluding hydrogens is 380 g/mol. The molecule has 0 spiro atoms. The third-order valence-electron chi connectivity index (χ3n) is 4.20. The van der Waals surface area contributed by atoms with Crippen molar-refractivity contribution in [1.29, 1.82) is 0 Å². The first-order valence-electron chi connectivity index (χ1n) is 10.4. The van der Waals surface area contributed by atoms with E-state index in [1.54, 1.807) is 0 Å². The molecule has 7 nitrogen and oxygen atoms in total. The molecule has 1 atom stereocenters. The van der Waals surface area contributed by atoms with Crippen molar-refractivity contribution in [2.45, 2.75) is 33.7 Å². The van der Waals surface area contributed by atoms with Crippen molar-refractivity contribution in [3.05, 3.63) is 54.1 Å². The van der Waals surface area contributed by atoms with Crippen LogP contribution in [0.15, 0.2) is 53.5 Å². The lowest BCUT2D eigenvalue weighted by atomic mass is 10.1. The van der Waals surface area contributed by atoms with Gasteiger partial charge in [-0.1, -0.05) is 24.3 Å². The van der Waals surface area contributed by atoms with Gasteiger partial charge < -0.3 is 25.4 Å². The number of guanidine groups is 1. The van der Waals surface area contributed by atoms with Crippen LogP contribution in [-0.2, 0) is 4.79 Å². The summed E-state index contributed by atoms with van der Waals surface area (Å²) in [5.41, 5.74) is 1.78. The molecule has 2 aromatic rings. The van der Waals surface area contributed by atoms with Crippen molar-refractivity contribution in [2.24, 2.45) is 4.99 Å². The highest BCUT2D eigenvalue weighted by Gasteiger charge is 2.13. The van der Waals surface area contributed by atoms with Gasteiger partial charge in [0, 0.05) is 12.2 Å². The number of carbonyl (C=O) groups excluding carboxylic acids is 1. The summed E-state index contributed by atoms with van der Waals surface area (Å²) >= 11 is 0. The first-order valence-corrected chi connectivity index (χ1v) is 10.4. The second-order valence-corrected chi connectivity index (χ2v) is 6.55. The average Bonchev–Trinajstić information content (AvgIpc) is 2.74. The molecule has 0 aliphatic heterocycles. The van der Waals surface area contributed by atoms with Crippen molar-refractivity contribution in [3.8, 4) is 11.5 Å². The SMILES string of the molecule is CCNC(=NCC(=O)Nc1ccccc1)NC(C)c1ccc(OCC)c(OCC)c1. The maximum Gasteiger partial charge on any atom is 0.246 e. The number of nitrogens with zero attached hydrogens (tertiary/aromatic N) is 1. The molecule has 0 radical (unpaired) electrons. The summed E-state index contributed by atoms with van der Waals surface area (Å²) in [6.45, 7) is 9.75. The predicted octanol–water partition coefficient (Wildman–Crippen LogP) is 3.74. The van der Waals surface area contributed by atoms with Gasteiger partial charge in [0.05, 0.1) is 19.3 Å². The summed E-state index contributed by atoms with van der Waals surface area (Å²) in [7, 11) is 0. The molecular formula is C23H32N4O3. The third kappa shape index (κ3) is 7.31. The van der Waals surface area contributed by atoms with E-state index >= 15 is 0 Å². The molecule has 0 bridgehead atoms. The molecule has 7 heteroatoms. The van der Waals surface area contributed by atoms with Gasteiger partial charge in [-0.25, -0.2) is 4.99 Å². The number of aliphatic imine (C=N–C) groups is 1. The molecule has 0 fully saturated rings. The standard InChI is InChI=1S/C23H32N4O3/c1-5-24-23(25-16-22(28)27-19-11-9-8-10-12-19)26-17(4)18-13-14-20(29-6-2)21(15-18)30-7-3/h8-15,17H,5-7,16H2,1-4H3,(H,27,28)(H2,24,25,26). The molecule has 1 unspecified atom stereocenters. The Morgan fingerprint density at radius 2 is 1.70 bits per heavy atom. The maximum atomic E-state index is 12.2. The van der Waals surface area contributed by atoms with Gasteiger partial charge in [0.2, 0.25) is 5.91 Å². The molecule has 1 amide bonds. The largest absolute Gasteiger partial charge is 0.490 e. The molecule has 0 aromatic heterocycles. The molecule has 0 saturated heterocycles. The molecule has 0 aliphatic rings. The average molecular weight is 413 g/mol. The van der Waals surface area contributed by atoms with Crippen LogP contribution < -0.4 is 25.4 Å². The van der Waals surface area contributed by atoms with Crippen molar-refractivity contribution in [2.75, 3.05) is 31.6 Å². The van der Waals surface area contributed by atoms with E-state index < -0.39 is 0 Å². The minimum absolute atomic E-state index is 0.0183. The zero-order chi connectivity index (χ0) is 21.8. The minimum Gasteiger partial charge on any atom is -0.490 e. The van der Waals surface area contributed by atoms with E-state index in [1.807, 2.05) is 76.2 Å². The number of benzene rings is 2. The van der Waals surface area contributed by atoms with Crippen LogP contribution in [0.2, 0.25) is 0 Å². The number of para-hydroxylation sites is 1. The van der Waals surface area contributed by atoms with E-state index in [4.69, 9.17) is 9.47 Å². The Labute approximate surface area is 178 Å². The lowest BCUT2D eigenvalue weighted by Gasteiger charge is -2.20. The van der Waals surface area contributed by atoms with Crippen LogP contribution in [0.5, 0.6) is 11.5 Å². The number of nitrogens with one attached hydrogen (secondary N) is 3. The van der Waals surface area contributed by atoms with Gasteiger partial charge in [-0.05, 0) is 57.5 Å². The Morgan fingerprint density at radius 1 is 1.00 bits per heavy atom. The molecule has 162 valence electrons. The molecule has 2 aromatic carbocycles. The third-order valence-corrected chi connectivity index (χ3v) is 4.20. The molecule has 2 rings (SSSR count). The summed E-state index contributed by atoms with van der Waals surface area (Å²) in [5.74, 6) is 1.84. The van der Waals surface area contributed by atoms with Crippen LogP contribution >= 0.6 is 0 Å². The number of rotatable bonds is 10. The van der Waals surface area contributed by atoms with E-state index in [0.29, 0.717) is 25.7 Å². The lowest BCUT2D eigenvalue weighted by Crippen LogP contribution is -2.39. The number of hydrogen-bond acceptors (Lipinski definition) is 4. The van der Waals surface area contributed by atoms with E-state index in [1.165, 1.54) is 0 Å². The predicted molar refractivity (Wildman–Crippen MR) is 121 cm³/mol. The molecule has 0 saturated carbocycles. The number of amides is 1. The zero-order valence-electron chi connectivity index (χ0n) is 18.2. The summed E-state index contributed by atoms with van der Waals surface area (Å²) in [4.78, 5) is 16.6. The van der Waals surface area contributed by atoms with E-state index in [-0.39, 0.29) is 18.5 Å². The molecule has 0 heterocycles. The van der Waals surface area contributed by atoms with Crippen molar-refractivity contribution in [1.82, 2.24) is 10.6 Å². The minimum atomic E-state index is -0.175. The van der Waals surface area contributed by atoms with Gasteiger partial charge in [0.15, 0.2) is 17.5 Å². The smallest absolute Gasteiger partial charge is 0.246 e. The lowest BCUT2D eigenvalue weighted by molar-refractivity contribution is -0.114. The van der Waals surface area contributed by atoms with Crippen molar-refractivity contribution < 1.29 is 14.3 Å². The van der Waals surface area contributed by atoms with E-state index in [0.717, 1.165) is 22.7 Å². The fraction of sp³-hybridized carbons (Fsp3) is 0.391. The first kappa shape index (κ1) is 23.1. The number of hydrogen-bond donors (Lipinski definition) is 3. The Kier molecular flexibility index (Phi) is 9.51. The van der Waals surface area contributed by atoms with Crippen LogP contribution in [-0.4, -0.2) is 38.2 Å². The Hall–Kier alpha value is -3.22. The van der Waals surface area contributed by atoms with Crippen molar-refractivity contribution >= 4 is 17.6 Å². The van der Waals surface area contributed by atoms with Crippen LogP contribution in [0, 0.1) is 0 Å². The summed E-state index contributed by atoms with van der Waals surface area (Å²) in [5, 5.41) is 9.35. The quantitative estimate of drug-likeness (QED) is 0.409. The normalized spacial score (nSPS) is 12.1. The van der Waals surface area contributed by atoms with E-state index in [2.05, 4.69) is 20.9 Å². The zero-order valence-corrected chi connectivity index (χ0v) is 18.2. The molecule has 0 aliphatic carbocycles. The second kappa shape index (κ2) is 12.4. The first-order chi connectivity index (χ1) is 14.6. The highest BCUT2D eigenvalue weighted by atomic mass is 16.5. The highest BCUT2D eigenvalue weighted by Crippen LogP contribution is 2.30. The van der Waals surface area contributed by atoms with Crippen LogP contribution in [0.25, 0.3) is 0 Å². The van der Waals surface area contributed by atoms with Gasteiger partial charge in [0.25, 0.3) is 0 Å². The Balaban J connectivity index is 2.04. The molecule has 3 N–H and O–H groups in total. The summed E-state index contributed by atoms with van der Waals surface area (Å²) in [6.07, 6.45) is 0. The van der Waals surface area contributed by atoms with Crippen LogP contribution in [0.3, 0.4) is 0 Å². The van der Waals surface area contributed by atoms with Gasteiger partial charge in [-0.3, -0.25) is 4.79 Å². The van der Waals surface area contributed by atoms with Crippen LogP contribution in [0.4, 0.5) is 5.69 Å². The maximum absolute atomic E-state index is 12.2. The molecule has 30 heavy (non-hydrogen) atoms. The Bertz CT molecular complexity index is 824. The number of carbonyl (C=O) groups is 1. The summed E-state index contributed by atoms with van der Waals surface area (Å²) < 4.78 is 11.3. The van der Waals surface area contributed by atoms with Crippen molar-refractivity contribution in [3.63, 3.8) is 0 Å². The summed E-state index contributed by atoms with van der Waals surface area (Å²) in [6, 6.07) is 15.2. The fourth-order valence-corrected chi connectivity index (χ4v) is 2.82. The van der Waals surface area contributed by atoms with Crippen LogP contribution in [0.1, 0.15) is 39.3 Å². The fourth-order valence-electron chi connectivity index (χ4n) is 2.82. The number of anilines is 1. The highest BCUT2D eigenvalue weighted by molar-refractivity contribution is 5.94. The van der Waals surface area contributed by atoms with E-state index in [9.17, 15) is 4.79 Å². The number of ether oxygens (including phenoxy) is 2. The second-order valence-electron chi connectivity index (χ2n) is 6.55. The Morgan fingerprint density at radius 3 is 2.37 bits per heavy atom. The monoisotopic (exact) mass is 412 g/mol. The van der Waals surface area contributed by atoms with Gasteiger partial charge in [0.1, 0.15) is 6.54 Å². The topological polar surface area (TPSA) is 84.0 Å². The van der Waals surface area contributed by atoms with Gasteiger partial charge >= 0.3 is 0 Å². The van der Waals surface area contributed by atoms with Gasteiger partial charge in [-0.15, -0.1) is 0 Å². The van der Waals surface area contributed by atoms with Gasteiger partial charge in [-0.2, -0.15) is 0 Å².